The summed E-state index contributed by atoms with van der Waals surface area (Å²) in [5.74, 6) is 1.04. The fourth-order valence-corrected chi connectivity index (χ4v) is 4.48. The third-order valence-corrected chi connectivity index (χ3v) is 6.51. The van der Waals surface area contributed by atoms with E-state index in [1.807, 2.05) is 0 Å². The predicted octanol–water partition coefficient (Wildman–Crippen LogP) is -0.175. The number of hydrogen-bond donors (Lipinski definition) is 0. The van der Waals surface area contributed by atoms with Gasteiger partial charge in [-0.1, -0.05) is 0 Å². The van der Waals surface area contributed by atoms with Crippen LogP contribution in [0.1, 0.15) is 12.2 Å². The lowest BCUT2D eigenvalue weighted by atomic mass is 10.2. The topological polar surface area (TPSA) is 102 Å². The molecule has 9 nitrogen and oxygen atoms in total. The predicted molar refractivity (Wildman–Crippen MR) is 103 cm³/mol. The fraction of sp³-hybridized carbons (Fsp3) is 0.500. The van der Waals surface area contributed by atoms with Crippen molar-refractivity contribution in [1.82, 2.24) is 18.8 Å². The molecule has 0 bridgehead atoms. The highest BCUT2D eigenvalue weighted by Gasteiger charge is 2.26. The van der Waals surface area contributed by atoms with E-state index in [1.165, 1.54) is 10.6 Å². The van der Waals surface area contributed by atoms with E-state index in [1.54, 1.807) is 27.7 Å². The summed E-state index contributed by atoms with van der Waals surface area (Å²) in [6.07, 6.45) is 2.90. The first-order valence-electron chi connectivity index (χ1n) is 9.22. The molecule has 28 heavy (non-hydrogen) atoms. The first-order valence-corrected chi connectivity index (χ1v) is 11.1. The zero-order valence-electron chi connectivity index (χ0n) is 15.6. The lowest BCUT2D eigenvalue weighted by Crippen LogP contribution is -2.51. The van der Waals surface area contributed by atoms with Crippen LogP contribution in [0.25, 0.3) is 10.9 Å². The number of amides is 1. The second-order valence-electron chi connectivity index (χ2n) is 7.10. The maximum absolute atomic E-state index is 12.6. The van der Waals surface area contributed by atoms with E-state index in [9.17, 15) is 18.0 Å². The highest BCUT2D eigenvalue weighted by molar-refractivity contribution is 7.88. The number of aryl methyl sites for hydroxylation is 1. The number of carbonyl (C=O) groups is 1. The van der Waals surface area contributed by atoms with Crippen molar-refractivity contribution in [3.05, 3.63) is 34.4 Å². The molecular formula is C18H22N4O5S. The van der Waals surface area contributed by atoms with Crippen molar-refractivity contribution < 1.29 is 17.9 Å². The Bertz CT molecular complexity index is 1090. The Kier molecular flexibility index (Phi) is 4.84. The maximum atomic E-state index is 12.6. The van der Waals surface area contributed by atoms with Gasteiger partial charge in [-0.25, -0.2) is 13.4 Å². The Morgan fingerprint density at radius 3 is 2.64 bits per heavy atom. The summed E-state index contributed by atoms with van der Waals surface area (Å²) in [6, 6.07) is 5.07. The second kappa shape index (κ2) is 7.17. The third kappa shape index (κ3) is 3.61. The zero-order valence-corrected chi connectivity index (χ0v) is 16.4. The number of hydrogen-bond acceptors (Lipinski definition) is 6. The van der Waals surface area contributed by atoms with Crippen molar-refractivity contribution in [2.24, 2.45) is 0 Å². The molecule has 0 saturated carbocycles. The van der Waals surface area contributed by atoms with Crippen LogP contribution >= 0.6 is 0 Å². The van der Waals surface area contributed by atoms with Gasteiger partial charge in [-0.05, 0) is 24.6 Å². The summed E-state index contributed by atoms with van der Waals surface area (Å²) in [4.78, 5) is 31.1. The molecule has 1 aromatic carbocycles. The van der Waals surface area contributed by atoms with Crippen LogP contribution in [-0.2, 0) is 27.8 Å². The number of ether oxygens (including phenoxy) is 1. The zero-order chi connectivity index (χ0) is 19.9. The first kappa shape index (κ1) is 18.9. The van der Waals surface area contributed by atoms with Gasteiger partial charge in [0.1, 0.15) is 11.6 Å². The molecule has 150 valence electrons. The molecule has 0 atom stereocenters. The minimum atomic E-state index is -3.23. The number of nitrogens with zero attached hydrogens (tertiary/aromatic N) is 4. The lowest BCUT2D eigenvalue weighted by molar-refractivity contribution is -0.134. The molecule has 1 amide bonds. The lowest BCUT2D eigenvalue weighted by Gasteiger charge is -2.33. The molecule has 2 aromatic rings. The van der Waals surface area contributed by atoms with Gasteiger partial charge in [0.2, 0.25) is 10.0 Å². The van der Waals surface area contributed by atoms with E-state index < -0.39 is 10.0 Å². The van der Waals surface area contributed by atoms with Crippen molar-refractivity contribution in [3.8, 4) is 5.75 Å². The molecule has 1 fully saturated rings. The van der Waals surface area contributed by atoms with Crippen molar-refractivity contribution in [3.63, 3.8) is 0 Å². The van der Waals surface area contributed by atoms with Crippen LogP contribution < -0.4 is 10.3 Å². The van der Waals surface area contributed by atoms with Crippen molar-refractivity contribution in [2.45, 2.75) is 19.4 Å². The molecule has 3 heterocycles. The van der Waals surface area contributed by atoms with Gasteiger partial charge in [-0.2, -0.15) is 4.31 Å². The van der Waals surface area contributed by atoms with E-state index in [2.05, 4.69) is 4.98 Å². The van der Waals surface area contributed by atoms with Crippen molar-refractivity contribution in [1.29, 1.82) is 0 Å². The van der Waals surface area contributed by atoms with Crippen LogP contribution in [0, 0.1) is 0 Å². The van der Waals surface area contributed by atoms with Gasteiger partial charge in [0.15, 0.2) is 6.61 Å². The number of carbonyl (C=O) groups excluding carboxylic acids is 1. The molecular weight excluding hydrogens is 384 g/mol. The Labute approximate surface area is 162 Å². The van der Waals surface area contributed by atoms with E-state index in [4.69, 9.17) is 4.74 Å². The van der Waals surface area contributed by atoms with Crippen LogP contribution in [0.2, 0.25) is 0 Å². The number of aromatic nitrogens is 2. The molecule has 10 heteroatoms. The summed E-state index contributed by atoms with van der Waals surface area (Å²) in [5.41, 5.74) is 0.555. The van der Waals surface area contributed by atoms with E-state index >= 15 is 0 Å². The van der Waals surface area contributed by atoms with Gasteiger partial charge in [0.05, 0.1) is 17.2 Å². The van der Waals surface area contributed by atoms with Gasteiger partial charge in [-0.3, -0.25) is 14.2 Å². The second-order valence-corrected chi connectivity index (χ2v) is 9.08. The Morgan fingerprint density at radius 2 is 1.93 bits per heavy atom. The first-order chi connectivity index (χ1) is 13.3. The molecule has 2 aliphatic rings. The molecule has 0 aliphatic carbocycles. The van der Waals surface area contributed by atoms with Crippen molar-refractivity contribution in [2.75, 3.05) is 39.0 Å². The highest BCUT2D eigenvalue weighted by Crippen LogP contribution is 2.20. The Hall–Kier alpha value is -2.46. The number of piperazine rings is 1. The maximum Gasteiger partial charge on any atom is 0.261 e. The third-order valence-electron chi connectivity index (χ3n) is 5.21. The summed E-state index contributed by atoms with van der Waals surface area (Å²) in [5, 5.41) is 0.484. The van der Waals surface area contributed by atoms with Gasteiger partial charge in [-0.15, -0.1) is 0 Å². The highest BCUT2D eigenvalue weighted by atomic mass is 32.2. The Balaban J connectivity index is 1.42. The summed E-state index contributed by atoms with van der Waals surface area (Å²) >= 11 is 0. The van der Waals surface area contributed by atoms with Gasteiger partial charge in [0.25, 0.3) is 11.5 Å². The number of fused-ring (bicyclic) bond motifs is 2. The molecule has 2 aliphatic heterocycles. The van der Waals surface area contributed by atoms with Crippen LogP contribution in [0.3, 0.4) is 0 Å². The van der Waals surface area contributed by atoms with Gasteiger partial charge >= 0.3 is 0 Å². The molecule has 4 rings (SSSR count). The summed E-state index contributed by atoms with van der Waals surface area (Å²) in [7, 11) is -3.23. The number of sulfonamides is 1. The van der Waals surface area contributed by atoms with Crippen LogP contribution in [-0.4, -0.2) is 72.1 Å². The monoisotopic (exact) mass is 406 g/mol. The van der Waals surface area contributed by atoms with E-state index in [0.717, 1.165) is 18.7 Å². The molecule has 1 aromatic heterocycles. The molecule has 0 radical (unpaired) electrons. The molecule has 0 spiro atoms. The normalized spacial score (nSPS) is 17.7. The van der Waals surface area contributed by atoms with Crippen LogP contribution in [0.4, 0.5) is 0 Å². The van der Waals surface area contributed by atoms with Crippen molar-refractivity contribution >= 4 is 26.8 Å². The van der Waals surface area contributed by atoms with E-state index in [-0.39, 0.29) is 31.2 Å². The average molecular weight is 406 g/mol. The van der Waals surface area contributed by atoms with Gasteiger partial charge < -0.3 is 9.64 Å². The average Bonchev–Trinajstić information content (AvgIpc) is 3.15. The number of benzene rings is 1. The van der Waals surface area contributed by atoms with Crippen LogP contribution in [0.5, 0.6) is 5.75 Å². The standard InChI is InChI=1S/C18H22N4O5S/c1-28(25,26)21-9-7-20(8-10-21)17(23)12-27-13-4-5-15-14(11-13)18(24)22-6-2-3-16(22)19-15/h4-5,11H,2-3,6-10,12H2,1H3. The molecule has 1 saturated heterocycles. The fourth-order valence-electron chi connectivity index (χ4n) is 3.66. The minimum absolute atomic E-state index is 0.0776. The van der Waals surface area contributed by atoms with Crippen LogP contribution in [0.15, 0.2) is 23.0 Å². The minimum Gasteiger partial charge on any atom is -0.484 e. The van der Waals surface area contributed by atoms with E-state index in [0.29, 0.717) is 36.3 Å². The smallest absolute Gasteiger partial charge is 0.261 e. The largest absolute Gasteiger partial charge is 0.484 e. The summed E-state index contributed by atoms with van der Waals surface area (Å²) < 4.78 is 31.7. The number of rotatable bonds is 4. The SMILES string of the molecule is CS(=O)(=O)N1CCN(C(=O)COc2ccc3nc4n(c(=O)c3c2)CCC4)CC1. The Morgan fingerprint density at radius 1 is 1.18 bits per heavy atom. The molecule has 0 unspecified atom stereocenters. The molecule has 0 N–H and O–H groups in total. The summed E-state index contributed by atoms with van der Waals surface area (Å²) in [6.45, 7) is 1.77. The quantitative estimate of drug-likeness (QED) is 0.698. The van der Waals surface area contributed by atoms with Gasteiger partial charge in [0, 0.05) is 39.1 Å².